The summed E-state index contributed by atoms with van der Waals surface area (Å²) in [7, 11) is 0. The SMILES string of the molecule is CCOc1cc(-c2ccc(N3CC4(CCCN(C(=O)O)C4)C3)nc2)c2c3cn[nH]c3nn2c1. The number of aromatic amines is 1. The van der Waals surface area contributed by atoms with Crippen LogP contribution in [0.3, 0.4) is 0 Å². The number of ether oxygens (including phenoxy) is 1. The first-order chi connectivity index (χ1) is 16.0. The molecule has 0 bridgehead atoms. The molecule has 0 radical (unpaired) electrons. The molecule has 2 N–H and O–H groups in total. The van der Waals surface area contributed by atoms with Gasteiger partial charge in [0.1, 0.15) is 11.6 Å². The van der Waals surface area contributed by atoms with E-state index in [0.717, 1.165) is 65.2 Å². The average Bonchev–Trinajstić information content (AvgIpc) is 3.38. The van der Waals surface area contributed by atoms with Gasteiger partial charge in [0, 0.05) is 48.9 Å². The van der Waals surface area contributed by atoms with E-state index in [0.29, 0.717) is 19.7 Å². The predicted octanol–water partition coefficient (Wildman–Crippen LogP) is 3.25. The van der Waals surface area contributed by atoms with Gasteiger partial charge >= 0.3 is 6.09 Å². The largest absolute Gasteiger partial charge is 0.492 e. The van der Waals surface area contributed by atoms with E-state index in [2.05, 4.69) is 26.3 Å². The normalized spacial score (nSPS) is 17.6. The molecule has 2 aliphatic heterocycles. The lowest BCUT2D eigenvalue weighted by atomic mass is 9.73. The Labute approximate surface area is 189 Å². The third kappa shape index (κ3) is 3.24. The number of aromatic nitrogens is 5. The Kier molecular flexibility index (Phi) is 4.42. The molecular weight excluding hydrogens is 422 g/mol. The lowest BCUT2D eigenvalue weighted by Crippen LogP contribution is -2.63. The van der Waals surface area contributed by atoms with Crippen molar-refractivity contribution in [1.82, 2.24) is 29.7 Å². The Hall–Kier alpha value is -3.82. The Morgan fingerprint density at radius 3 is 2.91 bits per heavy atom. The third-order valence-electron chi connectivity index (χ3n) is 6.78. The zero-order chi connectivity index (χ0) is 22.6. The van der Waals surface area contributed by atoms with Crippen LogP contribution < -0.4 is 9.64 Å². The van der Waals surface area contributed by atoms with E-state index in [1.54, 1.807) is 11.1 Å². The van der Waals surface area contributed by atoms with Crippen molar-refractivity contribution in [1.29, 1.82) is 0 Å². The Morgan fingerprint density at radius 1 is 1.27 bits per heavy atom. The summed E-state index contributed by atoms with van der Waals surface area (Å²) in [5.74, 6) is 1.66. The minimum atomic E-state index is -0.817. The van der Waals surface area contributed by atoms with E-state index in [4.69, 9.17) is 9.72 Å². The van der Waals surface area contributed by atoms with Crippen LogP contribution in [0, 0.1) is 5.41 Å². The quantitative estimate of drug-likeness (QED) is 0.494. The van der Waals surface area contributed by atoms with Crippen molar-refractivity contribution in [2.24, 2.45) is 5.41 Å². The first-order valence-electron chi connectivity index (χ1n) is 11.2. The van der Waals surface area contributed by atoms with Crippen LogP contribution in [0.4, 0.5) is 10.6 Å². The van der Waals surface area contributed by atoms with E-state index in [1.165, 1.54) is 0 Å². The van der Waals surface area contributed by atoms with Crippen LogP contribution in [-0.2, 0) is 0 Å². The minimum Gasteiger partial charge on any atom is -0.492 e. The summed E-state index contributed by atoms with van der Waals surface area (Å²) in [4.78, 5) is 19.9. The molecule has 4 aromatic rings. The van der Waals surface area contributed by atoms with Gasteiger partial charge in [-0.05, 0) is 38.0 Å². The minimum absolute atomic E-state index is 0.0550. The summed E-state index contributed by atoms with van der Waals surface area (Å²) in [6, 6.07) is 6.12. The van der Waals surface area contributed by atoms with Gasteiger partial charge in [0.25, 0.3) is 0 Å². The molecule has 6 rings (SSSR count). The fraction of sp³-hybridized carbons (Fsp3) is 0.391. The molecule has 1 spiro atoms. The number of nitrogens with one attached hydrogen (secondary N) is 1. The van der Waals surface area contributed by atoms with Gasteiger partial charge in [-0.2, -0.15) is 5.10 Å². The van der Waals surface area contributed by atoms with Crippen molar-refractivity contribution >= 4 is 28.5 Å². The molecule has 6 heterocycles. The smallest absolute Gasteiger partial charge is 0.407 e. The Balaban J connectivity index is 1.28. The highest BCUT2D eigenvalue weighted by atomic mass is 16.5. The van der Waals surface area contributed by atoms with Crippen LogP contribution in [0.25, 0.3) is 27.7 Å². The number of carboxylic acid groups (broad SMARTS) is 1. The van der Waals surface area contributed by atoms with Crippen molar-refractivity contribution in [3.63, 3.8) is 0 Å². The second-order valence-corrected chi connectivity index (χ2v) is 9.02. The van der Waals surface area contributed by atoms with Crippen molar-refractivity contribution in [3.8, 4) is 16.9 Å². The molecule has 0 aromatic carbocycles. The number of nitrogens with zero attached hydrogens (tertiary/aromatic N) is 6. The van der Waals surface area contributed by atoms with Gasteiger partial charge < -0.3 is 19.6 Å². The van der Waals surface area contributed by atoms with E-state index in [1.807, 2.05) is 36.0 Å². The molecule has 10 heteroatoms. The van der Waals surface area contributed by atoms with Crippen molar-refractivity contribution < 1.29 is 14.6 Å². The van der Waals surface area contributed by atoms with Gasteiger partial charge in [-0.1, -0.05) is 0 Å². The molecule has 10 nitrogen and oxygen atoms in total. The van der Waals surface area contributed by atoms with E-state index in [-0.39, 0.29) is 5.41 Å². The van der Waals surface area contributed by atoms with Gasteiger partial charge in [-0.25, -0.2) is 14.3 Å². The van der Waals surface area contributed by atoms with E-state index >= 15 is 0 Å². The number of amides is 1. The Bertz CT molecular complexity index is 1340. The predicted molar refractivity (Wildman–Crippen MR) is 123 cm³/mol. The summed E-state index contributed by atoms with van der Waals surface area (Å²) in [5.41, 5.74) is 3.69. The number of carbonyl (C=O) groups is 1. The van der Waals surface area contributed by atoms with Crippen molar-refractivity contribution in [3.05, 3.63) is 36.8 Å². The third-order valence-corrected chi connectivity index (χ3v) is 6.78. The first-order valence-corrected chi connectivity index (χ1v) is 11.2. The van der Waals surface area contributed by atoms with Crippen LogP contribution in [-0.4, -0.2) is 73.7 Å². The topological polar surface area (TPSA) is 112 Å². The fourth-order valence-electron chi connectivity index (χ4n) is 5.29. The molecule has 1 amide bonds. The maximum atomic E-state index is 11.4. The number of anilines is 1. The molecule has 33 heavy (non-hydrogen) atoms. The fourth-order valence-corrected chi connectivity index (χ4v) is 5.29. The van der Waals surface area contributed by atoms with Gasteiger partial charge in [0.15, 0.2) is 5.65 Å². The highest BCUT2D eigenvalue weighted by molar-refractivity contribution is 6.00. The molecule has 4 aromatic heterocycles. The van der Waals surface area contributed by atoms with Crippen LogP contribution >= 0.6 is 0 Å². The summed E-state index contributed by atoms with van der Waals surface area (Å²) in [6.07, 6.45) is 6.72. The number of hydrogen-bond donors (Lipinski definition) is 2. The zero-order valence-corrected chi connectivity index (χ0v) is 18.4. The maximum Gasteiger partial charge on any atom is 0.407 e. The summed E-state index contributed by atoms with van der Waals surface area (Å²) >= 11 is 0. The van der Waals surface area contributed by atoms with Gasteiger partial charge in [0.2, 0.25) is 0 Å². The van der Waals surface area contributed by atoms with Gasteiger partial charge in [-0.15, -0.1) is 5.10 Å². The molecule has 0 atom stereocenters. The second-order valence-electron chi connectivity index (χ2n) is 9.02. The van der Waals surface area contributed by atoms with Gasteiger partial charge in [-0.3, -0.25) is 5.10 Å². The van der Waals surface area contributed by atoms with Gasteiger partial charge in [0.05, 0.1) is 29.9 Å². The van der Waals surface area contributed by atoms with Crippen molar-refractivity contribution in [2.45, 2.75) is 19.8 Å². The highest BCUT2D eigenvalue weighted by Crippen LogP contribution is 2.41. The number of hydrogen-bond acceptors (Lipinski definition) is 6. The second kappa shape index (κ2) is 7.36. The van der Waals surface area contributed by atoms with Crippen LogP contribution in [0.5, 0.6) is 5.75 Å². The number of pyridine rings is 2. The summed E-state index contributed by atoms with van der Waals surface area (Å²) in [6.45, 7) is 5.45. The zero-order valence-electron chi connectivity index (χ0n) is 18.4. The number of H-pyrrole nitrogens is 1. The first kappa shape index (κ1) is 19.8. The van der Waals surface area contributed by atoms with Crippen LogP contribution in [0.15, 0.2) is 36.8 Å². The van der Waals surface area contributed by atoms with E-state index < -0.39 is 6.09 Å². The molecule has 2 saturated heterocycles. The standard InChI is InChI=1S/C23H25N7O3/c1-2-33-16-8-17(20-18-10-25-26-21(18)27-30(20)11-16)15-4-5-19(24-9-15)29-13-23(14-29)6-3-7-28(12-23)22(31)32/h4-5,8-11H,2-3,6-7,12-14H2,1H3,(H,26,27)(H,31,32). The van der Waals surface area contributed by atoms with Crippen LogP contribution in [0.2, 0.25) is 0 Å². The number of likely N-dealkylation sites (tertiary alicyclic amines) is 1. The summed E-state index contributed by atoms with van der Waals surface area (Å²) < 4.78 is 7.59. The monoisotopic (exact) mass is 447 g/mol. The lowest BCUT2D eigenvalue weighted by Gasteiger charge is -2.54. The molecule has 2 fully saturated rings. The highest BCUT2D eigenvalue weighted by Gasteiger charge is 2.47. The molecule has 170 valence electrons. The lowest BCUT2D eigenvalue weighted by molar-refractivity contribution is 0.0584. The number of rotatable bonds is 4. The molecule has 0 aliphatic carbocycles. The summed E-state index contributed by atoms with van der Waals surface area (Å²) in [5, 5.41) is 21.9. The maximum absolute atomic E-state index is 11.4. The number of piperidine rings is 1. The molecular formula is C23H25N7O3. The van der Waals surface area contributed by atoms with Crippen LogP contribution in [0.1, 0.15) is 19.8 Å². The Morgan fingerprint density at radius 2 is 2.15 bits per heavy atom. The number of fused-ring (bicyclic) bond motifs is 3. The molecule has 2 aliphatic rings. The molecule has 0 saturated carbocycles. The average molecular weight is 447 g/mol. The molecule has 0 unspecified atom stereocenters. The van der Waals surface area contributed by atoms with Crippen molar-refractivity contribution in [2.75, 3.05) is 37.7 Å². The van der Waals surface area contributed by atoms with E-state index in [9.17, 15) is 9.90 Å².